The molecular formula is C14H24N2O2. The Kier molecular flexibility index (Phi) is 5.32. The first-order valence-corrected chi connectivity index (χ1v) is 7.22. The minimum atomic E-state index is 0.421. The van der Waals surface area contributed by atoms with Crippen LogP contribution in [0.5, 0.6) is 0 Å². The monoisotopic (exact) mass is 252 g/mol. The molecule has 2 rings (SSSR count). The highest BCUT2D eigenvalue weighted by molar-refractivity contribution is 5.79. The lowest BCUT2D eigenvalue weighted by Crippen LogP contribution is -2.36. The maximum absolute atomic E-state index is 11.1. The summed E-state index contributed by atoms with van der Waals surface area (Å²) in [4.78, 5) is 27.0. The van der Waals surface area contributed by atoms with Gasteiger partial charge in [-0.2, -0.15) is 0 Å². The number of unbranched alkanes of at least 4 members (excludes halogenated alkanes) is 1. The quantitative estimate of drug-likeness (QED) is 0.687. The molecule has 0 spiro atoms. The van der Waals surface area contributed by atoms with Crippen molar-refractivity contribution in [2.75, 3.05) is 39.3 Å². The smallest absolute Gasteiger partial charge is 0.135 e. The van der Waals surface area contributed by atoms with Crippen LogP contribution in [0.25, 0.3) is 0 Å². The molecule has 0 N–H and O–H groups in total. The minimum Gasteiger partial charge on any atom is -0.302 e. The molecule has 18 heavy (non-hydrogen) atoms. The number of likely N-dealkylation sites (tertiary alicyclic amines) is 2. The molecule has 0 aromatic carbocycles. The predicted octanol–water partition coefficient (Wildman–Crippen LogP) is 1.10. The van der Waals surface area contributed by atoms with Crippen LogP contribution in [0.2, 0.25) is 0 Å². The fourth-order valence-electron chi connectivity index (χ4n) is 2.72. The van der Waals surface area contributed by atoms with E-state index in [0.29, 0.717) is 11.6 Å². The molecule has 4 nitrogen and oxygen atoms in total. The number of carbonyl (C=O) groups is 2. The van der Waals surface area contributed by atoms with Crippen LogP contribution in [-0.2, 0) is 9.59 Å². The van der Waals surface area contributed by atoms with Gasteiger partial charge in [-0.3, -0.25) is 9.59 Å². The van der Waals surface area contributed by atoms with Crippen molar-refractivity contribution in [2.24, 2.45) is 0 Å². The van der Waals surface area contributed by atoms with E-state index in [-0.39, 0.29) is 0 Å². The summed E-state index contributed by atoms with van der Waals surface area (Å²) in [6.45, 7) is 6.07. The summed E-state index contributed by atoms with van der Waals surface area (Å²) in [5, 5.41) is 0. The third kappa shape index (κ3) is 4.50. The highest BCUT2D eigenvalue weighted by Gasteiger charge is 2.17. The molecule has 2 aliphatic rings. The molecule has 4 heteroatoms. The topological polar surface area (TPSA) is 40.6 Å². The zero-order valence-electron chi connectivity index (χ0n) is 11.2. The summed E-state index contributed by atoms with van der Waals surface area (Å²) >= 11 is 0. The summed E-state index contributed by atoms with van der Waals surface area (Å²) < 4.78 is 0. The minimum absolute atomic E-state index is 0.421. The van der Waals surface area contributed by atoms with E-state index in [9.17, 15) is 9.59 Å². The summed E-state index contributed by atoms with van der Waals surface area (Å²) in [5.41, 5.74) is 0. The zero-order chi connectivity index (χ0) is 12.8. The molecule has 0 bridgehead atoms. The Balaban J connectivity index is 1.51. The number of rotatable bonds is 5. The third-order valence-corrected chi connectivity index (χ3v) is 4.03. The highest BCUT2D eigenvalue weighted by Crippen LogP contribution is 2.09. The van der Waals surface area contributed by atoms with Gasteiger partial charge in [-0.15, -0.1) is 0 Å². The Morgan fingerprint density at radius 3 is 1.33 bits per heavy atom. The van der Waals surface area contributed by atoms with Crippen LogP contribution in [0, 0.1) is 0 Å². The lowest BCUT2D eigenvalue weighted by molar-refractivity contribution is -0.122. The van der Waals surface area contributed by atoms with E-state index in [1.54, 1.807) is 0 Å². The summed E-state index contributed by atoms with van der Waals surface area (Å²) in [6, 6.07) is 0. The Morgan fingerprint density at radius 1 is 0.667 bits per heavy atom. The van der Waals surface area contributed by atoms with Gasteiger partial charge in [0.15, 0.2) is 0 Å². The average Bonchev–Trinajstić information content (AvgIpc) is 2.39. The second kappa shape index (κ2) is 7.00. The molecule has 0 atom stereocenters. The first kappa shape index (κ1) is 13.7. The molecular weight excluding hydrogens is 228 g/mol. The number of carbonyl (C=O) groups excluding carboxylic acids is 2. The fraction of sp³-hybridized carbons (Fsp3) is 0.857. The number of piperidine rings is 2. The number of Topliss-reactive ketones (excluding diaryl/α,β-unsaturated/α-hetero) is 2. The van der Waals surface area contributed by atoms with Crippen molar-refractivity contribution in [3.05, 3.63) is 0 Å². The lowest BCUT2D eigenvalue weighted by atomic mass is 10.1. The molecule has 2 heterocycles. The highest BCUT2D eigenvalue weighted by atomic mass is 16.1. The fourth-order valence-corrected chi connectivity index (χ4v) is 2.72. The summed E-state index contributed by atoms with van der Waals surface area (Å²) in [5.74, 6) is 0.841. The second-order valence-corrected chi connectivity index (χ2v) is 5.47. The maximum atomic E-state index is 11.1. The number of ketones is 2. The van der Waals surface area contributed by atoms with Gasteiger partial charge in [0, 0.05) is 51.9 Å². The van der Waals surface area contributed by atoms with Crippen molar-refractivity contribution >= 4 is 11.6 Å². The van der Waals surface area contributed by atoms with Crippen molar-refractivity contribution in [1.82, 2.24) is 9.80 Å². The largest absolute Gasteiger partial charge is 0.302 e. The van der Waals surface area contributed by atoms with Crippen LogP contribution in [0.3, 0.4) is 0 Å². The third-order valence-electron chi connectivity index (χ3n) is 4.03. The molecule has 2 saturated heterocycles. The van der Waals surface area contributed by atoms with Crippen LogP contribution >= 0.6 is 0 Å². The molecule has 0 amide bonds. The molecule has 2 aliphatic heterocycles. The van der Waals surface area contributed by atoms with Gasteiger partial charge in [-0.05, 0) is 25.9 Å². The SMILES string of the molecule is O=C1CCN(CCCCN2CCC(=O)CC2)CC1. The number of hydrogen-bond donors (Lipinski definition) is 0. The van der Waals surface area contributed by atoms with Gasteiger partial charge in [-0.1, -0.05) is 0 Å². The van der Waals surface area contributed by atoms with E-state index in [2.05, 4.69) is 9.80 Å². The molecule has 102 valence electrons. The predicted molar refractivity (Wildman–Crippen MR) is 70.6 cm³/mol. The van der Waals surface area contributed by atoms with Crippen molar-refractivity contribution in [3.63, 3.8) is 0 Å². The van der Waals surface area contributed by atoms with E-state index in [1.807, 2.05) is 0 Å². The van der Waals surface area contributed by atoms with Gasteiger partial charge in [-0.25, -0.2) is 0 Å². The van der Waals surface area contributed by atoms with Crippen molar-refractivity contribution < 1.29 is 9.59 Å². The number of nitrogens with zero attached hydrogens (tertiary/aromatic N) is 2. The second-order valence-electron chi connectivity index (χ2n) is 5.47. The van der Waals surface area contributed by atoms with E-state index >= 15 is 0 Å². The van der Waals surface area contributed by atoms with Crippen molar-refractivity contribution in [3.8, 4) is 0 Å². The molecule has 0 aromatic rings. The molecule has 2 fully saturated rings. The lowest BCUT2D eigenvalue weighted by Gasteiger charge is -2.27. The average molecular weight is 252 g/mol. The van der Waals surface area contributed by atoms with E-state index < -0.39 is 0 Å². The van der Waals surface area contributed by atoms with Crippen LogP contribution in [0.1, 0.15) is 38.5 Å². The maximum Gasteiger partial charge on any atom is 0.135 e. The first-order chi connectivity index (χ1) is 8.74. The van der Waals surface area contributed by atoms with Crippen LogP contribution in [0.4, 0.5) is 0 Å². The number of hydrogen-bond acceptors (Lipinski definition) is 4. The van der Waals surface area contributed by atoms with E-state index in [4.69, 9.17) is 0 Å². The van der Waals surface area contributed by atoms with Crippen molar-refractivity contribution in [1.29, 1.82) is 0 Å². The molecule has 0 aromatic heterocycles. The first-order valence-electron chi connectivity index (χ1n) is 7.22. The molecule has 0 aliphatic carbocycles. The van der Waals surface area contributed by atoms with Gasteiger partial charge in [0.05, 0.1) is 0 Å². The van der Waals surface area contributed by atoms with E-state index in [0.717, 1.165) is 65.0 Å². The van der Waals surface area contributed by atoms with Crippen LogP contribution < -0.4 is 0 Å². The van der Waals surface area contributed by atoms with Gasteiger partial charge in [0.1, 0.15) is 11.6 Å². The summed E-state index contributed by atoms with van der Waals surface area (Å²) in [7, 11) is 0. The van der Waals surface area contributed by atoms with Gasteiger partial charge in [0.2, 0.25) is 0 Å². The van der Waals surface area contributed by atoms with E-state index in [1.165, 1.54) is 12.8 Å². The summed E-state index contributed by atoms with van der Waals surface area (Å²) in [6.07, 6.45) is 5.39. The molecule has 0 unspecified atom stereocenters. The Bertz CT molecular complexity index is 254. The Hall–Kier alpha value is -0.740. The van der Waals surface area contributed by atoms with Crippen molar-refractivity contribution in [2.45, 2.75) is 38.5 Å². The van der Waals surface area contributed by atoms with Gasteiger partial charge >= 0.3 is 0 Å². The Labute approximate surface area is 109 Å². The zero-order valence-corrected chi connectivity index (χ0v) is 11.2. The van der Waals surface area contributed by atoms with Crippen LogP contribution in [0.15, 0.2) is 0 Å². The van der Waals surface area contributed by atoms with Gasteiger partial charge in [0.25, 0.3) is 0 Å². The Morgan fingerprint density at radius 2 is 1.00 bits per heavy atom. The molecule has 0 saturated carbocycles. The molecule has 0 radical (unpaired) electrons. The van der Waals surface area contributed by atoms with Crippen LogP contribution in [-0.4, -0.2) is 60.6 Å². The normalized spacial score (nSPS) is 23.6. The standard InChI is InChI=1S/C14H24N2O2/c17-13-3-9-15(10-4-13)7-1-2-8-16-11-5-14(18)6-12-16/h1-12H2. The van der Waals surface area contributed by atoms with Gasteiger partial charge < -0.3 is 9.80 Å².